The third-order valence-corrected chi connectivity index (χ3v) is 13.4. The molecule has 0 aliphatic rings. The fraction of sp³-hybridized carbons (Fsp3) is 0.768. The molecule has 0 aliphatic heterocycles. The van der Waals surface area contributed by atoms with Gasteiger partial charge in [0.05, 0.1) is 26.7 Å². The molecule has 0 unspecified atom stereocenters. The number of imidazole rings is 1. The fourth-order valence-corrected chi connectivity index (χ4v) is 9.15. The molecule has 3 aromatic rings. The number of esters is 1. The van der Waals surface area contributed by atoms with Crippen LogP contribution in [0.4, 0.5) is 5.82 Å². The number of rotatable bonds is 44. The second-order valence-electron chi connectivity index (χ2n) is 19.4. The van der Waals surface area contributed by atoms with E-state index in [1.165, 1.54) is 172 Å². The van der Waals surface area contributed by atoms with Crippen molar-refractivity contribution < 1.29 is 19.1 Å². The van der Waals surface area contributed by atoms with Gasteiger partial charge in [0.2, 0.25) is 5.91 Å². The van der Waals surface area contributed by atoms with Crippen molar-refractivity contribution in [1.82, 2.24) is 29.3 Å². The molecule has 2 N–H and O–H groups in total. The molecule has 0 spiro atoms. The molecule has 386 valence electrons. The van der Waals surface area contributed by atoms with Crippen molar-refractivity contribution in [2.24, 2.45) is 0 Å². The third kappa shape index (κ3) is 25.7. The Morgan fingerprint density at radius 3 is 1.68 bits per heavy atom. The van der Waals surface area contributed by atoms with Gasteiger partial charge < -0.3 is 29.6 Å². The molecule has 1 aromatic carbocycles. The second-order valence-corrected chi connectivity index (χ2v) is 19.4. The first-order chi connectivity index (χ1) is 33.3. The lowest BCUT2D eigenvalue weighted by Crippen LogP contribution is -2.32. The zero-order valence-corrected chi connectivity index (χ0v) is 44.0. The van der Waals surface area contributed by atoms with Crippen LogP contribution in [-0.2, 0) is 27.3 Å². The van der Waals surface area contributed by atoms with Gasteiger partial charge in [-0.3, -0.25) is 14.2 Å². The largest absolute Gasteiger partial charge is 0.469 e. The summed E-state index contributed by atoms with van der Waals surface area (Å²) in [5.41, 5.74) is 1.93. The molecule has 12 heteroatoms. The first-order valence-electron chi connectivity index (χ1n) is 27.8. The second kappa shape index (κ2) is 38.0. The molecule has 12 nitrogen and oxygen atoms in total. The molecule has 0 saturated heterocycles. The Bertz CT molecular complexity index is 1810. The number of anilines is 1. The number of hydrogen-bond donors (Lipinski definition) is 2. The van der Waals surface area contributed by atoms with Gasteiger partial charge >= 0.3 is 17.7 Å². The van der Waals surface area contributed by atoms with Crippen molar-refractivity contribution in [3.63, 3.8) is 0 Å². The highest BCUT2D eigenvalue weighted by atomic mass is 16.5. The van der Waals surface area contributed by atoms with Crippen LogP contribution >= 0.6 is 0 Å². The normalized spacial score (nSPS) is 11.6. The number of hydrogen-bond acceptors (Lipinski definition) is 9. The molecule has 0 atom stereocenters. The minimum absolute atomic E-state index is 0.113. The smallest absolute Gasteiger partial charge is 0.328 e. The van der Waals surface area contributed by atoms with E-state index < -0.39 is 0 Å². The summed E-state index contributed by atoms with van der Waals surface area (Å²) < 4.78 is 12.3. The lowest BCUT2D eigenvalue weighted by molar-refractivity contribution is -0.139. The highest BCUT2D eigenvalue weighted by Gasteiger charge is 2.19. The Balaban J connectivity index is 1.51. The van der Waals surface area contributed by atoms with Crippen LogP contribution in [0.1, 0.15) is 225 Å². The molecule has 68 heavy (non-hydrogen) atoms. The predicted molar refractivity (Wildman–Crippen MR) is 283 cm³/mol. The lowest BCUT2D eigenvalue weighted by atomic mass is 10.1. The number of methoxy groups -OCH3 is 1. The Morgan fingerprint density at radius 2 is 1.12 bits per heavy atom. The Labute approximate surface area is 412 Å². The van der Waals surface area contributed by atoms with Crippen LogP contribution < -0.4 is 15.7 Å². The van der Waals surface area contributed by atoms with Crippen molar-refractivity contribution >= 4 is 28.9 Å². The zero-order valence-electron chi connectivity index (χ0n) is 44.0. The molecule has 3 rings (SSSR count). The van der Waals surface area contributed by atoms with Gasteiger partial charge in [-0.2, -0.15) is 9.97 Å². The molecular weight excluding hydrogens is 851 g/mol. The van der Waals surface area contributed by atoms with Crippen LogP contribution in [0.3, 0.4) is 0 Å². The number of nitrogens with zero attached hydrogens (tertiary/aromatic N) is 5. The lowest BCUT2D eigenvalue weighted by Gasteiger charge is -2.25. The van der Waals surface area contributed by atoms with Crippen LogP contribution in [0, 0.1) is 0 Å². The summed E-state index contributed by atoms with van der Waals surface area (Å²) in [6, 6.07) is 7.59. The molecule has 0 saturated carbocycles. The molecule has 2 aromatic heterocycles. The minimum Gasteiger partial charge on any atom is -0.469 e. The van der Waals surface area contributed by atoms with Gasteiger partial charge in [0.25, 0.3) is 0 Å². The zero-order chi connectivity index (χ0) is 48.9. The summed E-state index contributed by atoms with van der Waals surface area (Å²) in [5, 5.41) is 2.98. The number of H-pyrrole nitrogens is 1. The SMILES string of the molecule is CCCCCCCCCCCCCN(CC)CCCN(CCCCCCCCCCCCC)CCCCCC(=O)Nc1nc(OCCCC)nc2c1[nH]c(=O)n2Cc1cccc(CC(=O)OC)c1. The molecule has 0 radical (unpaired) electrons. The average molecular weight is 948 g/mol. The van der Waals surface area contributed by atoms with Gasteiger partial charge in [-0.15, -0.1) is 0 Å². The number of carbonyl (C=O) groups excluding carboxylic acids is 2. The fourth-order valence-electron chi connectivity index (χ4n) is 9.15. The Hall–Kier alpha value is -3.77. The van der Waals surface area contributed by atoms with E-state index in [4.69, 9.17) is 9.47 Å². The maximum Gasteiger partial charge on any atom is 0.328 e. The number of nitrogens with one attached hydrogen (secondary N) is 2. The maximum absolute atomic E-state index is 13.4. The third-order valence-electron chi connectivity index (χ3n) is 13.4. The topological polar surface area (TPSA) is 135 Å². The number of benzene rings is 1. The summed E-state index contributed by atoms with van der Waals surface area (Å²) in [4.78, 5) is 56.1. The van der Waals surface area contributed by atoms with E-state index in [1.807, 2.05) is 24.3 Å². The van der Waals surface area contributed by atoms with E-state index in [0.717, 1.165) is 69.4 Å². The molecule has 2 heterocycles. The van der Waals surface area contributed by atoms with E-state index in [-0.39, 0.29) is 42.4 Å². The van der Waals surface area contributed by atoms with Crippen LogP contribution in [0.25, 0.3) is 11.2 Å². The standard InChI is InChI=1S/C56H97N7O5/c1-6-10-13-15-17-19-21-23-25-27-31-39-61(9-4)42-35-43-62(40-32-28-26-24-22-20-18-16-14-11-7-2)41-33-29-30-38-50(64)57-53-52-54(60-55(59-53)68-44-12-8-3)63(56(66)58-52)47-49-37-34-36-48(45-49)46-51(65)67-5/h34,36-37,45H,6-33,35,38-44,46-47H2,1-5H3,(H,58,66)(H,57,59,60,64). The average Bonchev–Trinajstić information content (AvgIpc) is 3.65. The number of amides is 1. The quantitative estimate of drug-likeness (QED) is 0.0420. The highest BCUT2D eigenvalue weighted by Crippen LogP contribution is 2.23. The minimum atomic E-state index is -0.377. The van der Waals surface area contributed by atoms with Crippen molar-refractivity contribution in [3.8, 4) is 6.01 Å². The van der Waals surface area contributed by atoms with Crippen molar-refractivity contribution in [3.05, 3.63) is 45.9 Å². The van der Waals surface area contributed by atoms with Crippen LogP contribution in [0.15, 0.2) is 29.1 Å². The summed E-state index contributed by atoms with van der Waals surface area (Å²) in [6.07, 6.45) is 36.5. The molecule has 1 amide bonds. The van der Waals surface area contributed by atoms with Gasteiger partial charge in [-0.05, 0) is 88.9 Å². The van der Waals surface area contributed by atoms with E-state index in [1.54, 1.807) is 0 Å². The van der Waals surface area contributed by atoms with Crippen LogP contribution in [0.2, 0.25) is 0 Å². The van der Waals surface area contributed by atoms with E-state index >= 15 is 0 Å². The van der Waals surface area contributed by atoms with Gasteiger partial charge in [0.15, 0.2) is 11.5 Å². The van der Waals surface area contributed by atoms with Crippen molar-refractivity contribution in [2.45, 2.75) is 227 Å². The summed E-state index contributed by atoms with van der Waals surface area (Å²) in [5.74, 6) is -0.243. The first-order valence-corrected chi connectivity index (χ1v) is 27.8. The number of unbranched alkanes of at least 4 members (excludes halogenated alkanes) is 23. The first kappa shape index (κ1) is 58.5. The Morgan fingerprint density at radius 1 is 0.618 bits per heavy atom. The number of aromatic nitrogens is 4. The van der Waals surface area contributed by atoms with Gasteiger partial charge in [-0.1, -0.05) is 193 Å². The summed E-state index contributed by atoms with van der Waals surface area (Å²) in [6.45, 7) is 16.5. The highest BCUT2D eigenvalue weighted by molar-refractivity contribution is 5.97. The van der Waals surface area contributed by atoms with Gasteiger partial charge in [0.1, 0.15) is 5.52 Å². The number of aromatic amines is 1. The number of carbonyl (C=O) groups is 2. The molecule has 0 bridgehead atoms. The molecule has 0 fully saturated rings. The summed E-state index contributed by atoms with van der Waals surface area (Å²) in [7, 11) is 1.37. The predicted octanol–water partition coefficient (Wildman–Crippen LogP) is 13.2. The van der Waals surface area contributed by atoms with Crippen molar-refractivity contribution in [1.29, 1.82) is 0 Å². The molecule has 0 aliphatic carbocycles. The van der Waals surface area contributed by atoms with Gasteiger partial charge in [0, 0.05) is 6.42 Å². The van der Waals surface area contributed by atoms with Crippen molar-refractivity contribution in [2.75, 3.05) is 58.3 Å². The van der Waals surface area contributed by atoms with Crippen LogP contribution in [-0.4, -0.2) is 94.2 Å². The number of fused-ring (bicyclic) bond motifs is 1. The van der Waals surface area contributed by atoms with E-state index in [2.05, 4.69) is 57.8 Å². The Kier molecular flexibility index (Phi) is 32.8. The maximum atomic E-state index is 13.4. The van der Waals surface area contributed by atoms with E-state index in [9.17, 15) is 14.4 Å². The van der Waals surface area contributed by atoms with Crippen LogP contribution in [0.5, 0.6) is 6.01 Å². The summed E-state index contributed by atoms with van der Waals surface area (Å²) >= 11 is 0. The van der Waals surface area contributed by atoms with Gasteiger partial charge in [-0.25, -0.2) is 4.79 Å². The molecular formula is C56H97N7O5. The van der Waals surface area contributed by atoms with E-state index in [0.29, 0.717) is 24.2 Å². The number of ether oxygens (including phenoxy) is 2. The monoisotopic (exact) mass is 948 g/mol.